The van der Waals surface area contributed by atoms with Gasteiger partial charge in [-0.25, -0.2) is 4.39 Å². The van der Waals surface area contributed by atoms with Gasteiger partial charge in [0.15, 0.2) is 0 Å². The summed E-state index contributed by atoms with van der Waals surface area (Å²) in [6.45, 7) is 0. The van der Waals surface area contributed by atoms with Crippen molar-refractivity contribution in [1.82, 2.24) is 9.78 Å². The molecule has 6 N–H and O–H groups in total. The summed E-state index contributed by atoms with van der Waals surface area (Å²) in [4.78, 5) is 15.2. The molecule has 1 aromatic carbocycles. The zero-order valence-corrected chi connectivity index (χ0v) is 14.5. The molecule has 0 saturated heterocycles. The average molecular weight is 354 g/mol. The number of hydrogen-bond donors (Lipinski definition) is 3. The number of aliphatic imine (C=N–C) groups is 1. The minimum Gasteiger partial charge on any atom is -0.391 e. The van der Waals surface area contributed by atoms with Crippen LogP contribution in [0, 0.1) is 17.7 Å². The Hall–Kier alpha value is -3.34. The van der Waals surface area contributed by atoms with Crippen LogP contribution in [0.3, 0.4) is 0 Å². The lowest BCUT2D eigenvalue weighted by Crippen LogP contribution is -2.29. The van der Waals surface area contributed by atoms with Gasteiger partial charge in [0.2, 0.25) is 0 Å². The van der Waals surface area contributed by atoms with E-state index in [1.165, 1.54) is 13.1 Å². The summed E-state index contributed by atoms with van der Waals surface area (Å²) in [7, 11) is 3.20. The summed E-state index contributed by atoms with van der Waals surface area (Å²) < 4.78 is 16.4. The van der Waals surface area contributed by atoms with Gasteiger partial charge in [-0.2, -0.15) is 5.10 Å². The molecular weight excluding hydrogens is 335 g/mol. The maximum absolute atomic E-state index is 14.7. The molecule has 1 aliphatic carbocycles. The quantitative estimate of drug-likeness (QED) is 0.323. The van der Waals surface area contributed by atoms with Gasteiger partial charge in [-0.3, -0.25) is 14.5 Å². The summed E-state index contributed by atoms with van der Waals surface area (Å²) in [5.41, 5.74) is 18.3. The van der Waals surface area contributed by atoms with Gasteiger partial charge in [0, 0.05) is 19.5 Å². The molecule has 8 heteroatoms. The lowest BCUT2D eigenvalue weighted by molar-refractivity contribution is -0.114. The number of hydrogen-bond acceptors (Lipinski definition) is 4. The first-order valence-electron chi connectivity index (χ1n) is 8.03. The van der Waals surface area contributed by atoms with Gasteiger partial charge < -0.3 is 17.2 Å². The van der Waals surface area contributed by atoms with Gasteiger partial charge in [0.25, 0.3) is 5.91 Å². The van der Waals surface area contributed by atoms with Gasteiger partial charge in [-0.15, -0.1) is 0 Å². The Labute approximate surface area is 149 Å². The van der Waals surface area contributed by atoms with Gasteiger partial charge in [0.05, 0.1) is 23.0 Å². The maximum atomic E-state index is 14.7. The third kappa shape index (κ3) is 2.99. The van der Waals surface area contributed by atoms with Crippen molar-refractivity contribution in [3.05, 3.63) is 40.5 Å². The molecule has 2 aromatic rings. The molecule has 1 aromatic heterocycles. The first-order chi connectivity index (χ1) is 12.3. The molecule has 0 radical (unpaired) electrons. The lowest BCUT2D eigenvalue weighted by Gasteiger charge is -2.07. The summed E-state index contributed by atoms with van der Waals surface area (Å²) >= 11 is 0. The maximum Gasteiger partial charge on any atom is 0.255 e. The number of amidine groups is 1. The highest BCUT2D eigenvalue weighted by molar-refractivity contribution is 6.20. The molecule has 0 atom stereocenters. The van der Waals surface area contributed by atoms with Crippen LogP contribution in [0.25, 0.3) is 10.9 Å². The Balaban J connectivity index is 2.17. The van der Waals surface area contributed by atoms with E-state index in [2.05, 4.69) is 21.9 Å². The van der Waals surface area contributed by atoms with E-state index < -0.39 is 11.7 Å². The number of aromatic nitrogens is 2. The molecule has 0 aliphatic heterocycles. The summed E-state index contributed by atoms with van der Waals surface area (Å²) in [6, 6.07) is 1.50. The molecule has 0 bridgehead atoms. The number of nitrogens with two attached hydrogens (primary N) is 3. The van der Waals surface area contributed by atoms with Crippen LogP contribution in [0.2, 0.25) is 0 Å². The van der Waals surface area contributed by atoms with Crippen LogP contribution < -0.4 is 17.2 Å². The summed E-state index contributed by atoms with van der Waals surface area (Å²) in [5.74, 6) is 4.19. The number of primary amides is 1. The van der Waals surface area contributed by atoms with Crippen molar-refractivity contribution in [2.45, 2.75) is 18.8 Å². The van der Waals surface area contributed by atoms with Crippen molar-refractivity contribution in [3.8, 4) is 11.8 Å². The summed E-state index contributed by atoms with van der Waals surface area (Å²) in [6.07, 6.45) is 3.65. The van der Waals surface area contributed by atoms with E-state index in [1.807, 2.05) is 0 Å². The molecule has 3 rings (SSSR count). The Morgan fingerprint density at radius 3 is 2.65 bits per heavy atom. The van der Waals surface area contributed by atoms with Crippen LogP contribution in [0.15, 0.2) is 28.5 Å². The molecule has 7 nitrogen and oxygen atoms in total. The van der Waals surface area contributed by atoms with Crippen LogP contribution in [0.4, 0.5) is 4.39 Å². The zero-order valence-electron chi connectivity index (χ0n) is 14.5. The molecule has 1 aliphatic rings. The Bertz CT molecular complexity index is 1030. The molecule has 0 spiro atoms. The lowest BCUT2D eigenvalue weighted by atomic mass is 10.0. The van der Waals surface area contributed by atoms with Crippen LogP contribution >= 0.6 is 0 Å². The number of halogens is 1. The zero-order chi connectivity index (χ0) is 19.0. The van der Waals surface area contributed by atoms with Crippen molar-refractivity contribution in [2.75, 3.05) is 7.05 Å². The van der Waals surface area contributed by atoms with Gasteiger partial charge in [-0.1, -0.05) is 5.92 Å². The molecule has 1 saturated carbocycles. The van der Waals surface area contributed by atoms with Crippen molar-refractivity contribution in [2.24, 2.45) is 29.2 Å². The number of rotatable bonds is 3. The highest BCUT2D eigenvalue weighted by Crippen LogP contribution is 2.44. The van der Waals surface area contributed by atoms with Crippen LogP contribution in [-0.2, 0) is 11.8 Å². The number of allylic oxidation sites excluding steroid dienone is 1. The third-order valence-electron chi connectivity index (χ3n) is 4.35. The van der Waals surface area contributed by atoms with E-state index in [0.717, 1.165) is 23.9 Å². The predicted molar refractivity (Wildman–Crippen MR) is 97.5 cm³/mol. The van der Waals surface area contributed by atoms with E-state index in [1.54, 1.807) is 17.9 Å². The first-order valence-corrected chi connectivity index (χ1v) is 8.03. The number of nitrogens with zero attached hydrogens (tertiary/aromatic N) is 3. The Kier molecular flexibility index (Phi) is 4.38. The van der Waals surface area contributed by atoms with Crippen LogP contribution in [0.1, 0.15) is 29.9 Å². The second-order valence-electron chi connectivity index (χ2n) is 6.14. The van der Waals surface area contributed by atoms with Gasteiger partial charge in [0.1, 0.15) is 17.2 Å². The number of carbonyl (C=O) groups excluding carboxylic acids is 1. The standard InChI is InChI=1S/C18H19FN6O/c1-23-17(21)15(18(22)26)14(20)6-5-10-12-8-24-25(2)16(12)11(7-13(10)19)9-3-4-9/h7-9H,3-4,20H2,1-2H3,(H2,21,23)(H2,22,26)/b15-14+. The van der Waals surface area contributed by atoms with Crippen LogP contribution in [-0.4, -0.2) is 28.6 Å². The molecule has 1 fully saturated rings. The largest absolute Gasteiger partial charge is 0.391 e. The van der Waals surface area contributed by atoms with Crippen molar-refractivity contribution in [3.63, 3.8) is 0 Å². The molecule has 1 heterocycles. The summed E-state index contributed by atoms with van der Waals surface area (Å²) in [5, 5.41) is 4.83. The topological polar surface area (TPSA) is 125 Å². The SMILES string of the molecule is CN=C(N)/C(C(N)=O)=C(\N)C#Cc1c(F)cc(C2CC2)c2c1cnn2C. The highest BCUT2D eigenvalue weighted by atomic mass is 19.1. The van der Waals surface area contributed by atoms with E-state index in [9.17, 15) is 9.18 Å². The van der Waals surface area contributed by atoms with E-state index in [-0.39, 0.29) is 22.7 Å². The molecule has 0 unspecified atom stereocenters. The number of benzene rings is 1. The molecule has 134 valence electrons. The number of aryl methyl sites for hydroxylation is 1. The number of fused-ring (bicyclic) bond motifs is 1. The van der Waals surface area contributed by atoms with Crippen molar-refractivity contribution >= 4 is 22.6 Å². The predicted octanol–water partition coefficient (Wildman–Crippen LogP) is 0.626. The average Bonchev–Trinajstić information content (AvgIpc) is 3.36. The number of amides is 1. The Morgan fingerprint density at radius 1 is 1.38 bits per heavy atom. The number of carbonyl (C=O) groups is 1. The fourth-order valence-corrected chi connectivity index (χ4v) is 2.90. The normalized spacial score (nSPS) is 15.4. The molecular formula is C18H19FN6O. The fourth-order valence-electron chi connectivity index (χ4n) is 2.90. The highest BCUT2D eigenvalue weighted by Gasteiger charge is 2.28. The monoisotopic (exact) mass is 354 g/mol. The molecule has 1 amide bonds. The third-order valence-corrected chi connectivity index (χ3v) is 4.35. The second-order valence-corrected chi connectivity index (χ2v) is 6.14. The van der Waals surface area contributed by atoms with Crippen molar-refractivity contribution in [1.29, 1.82) is 0 Å². The van der Waals surface area contributed by atoms with E-state index >= 15 is 0 Å². The van der Waals surface area contributed by atoms with Gasteiger partial charge in [-0.05, 0) is 36.3 Å². The minimum absolute atomic E-state index is 0.125. The van der Waals surface area contributed by atoms with Crippen LogP contribution in [0.5, 0.6) is 0 Å². The van der Waals surface area contributed by atoms with E-state index in [0.29, 0.717) is 11.3 Å². The van der Waals surface area contributed by atoms with E-state index in [4.69, 9.17) is 17.2 Å². The van der Waals surface area contributed by atoms with Crippen molar-refractivity contribution < 1.29 is 9.18 Å². The first kappa shape index (κ1) is 17.5. The Morgan fingerprint density at radius 2 is 2.08 bits per heavy atom. The molecule has 26 heavy (non-hydrogen) atoms. The van der Waals surface area contributed by atoms with Gasteiger partial charge >= 0.3 is 0 Å². The minimum atomic E-state index is -0.851. The smallest absolute Gasteiger partial charge is 0.255 e. The second kappa shape index (κ2) is 6.52. The fraction of sp³-hybridized carbons (Fsp3) is 0.278.